The van der Waals surface area contributed by atoms with Gasteiger partial charge < -0.3 is 10.6 Å². The molecule has 1 unspecified atom stereocenters. The summed E-state index contributed by atoms with van der Waals surface area (Å²) in [6.45, 7) is 6.39. The maximum atomic E-state index is 6.23. The van der Waals surface area contributed by atoms with Gasteiger partial charge in [-0.2, -0.15) is 0 Å². The predicted octanol–water partition coefficient (Wildman–Crippen LogP) is 2.45. The van der Waals surface area contributed by atoms with E-state index in [0.29, 0.717) is 6.04 Å². The van der Waals surface area contributed by atoms with E-state index in [1.54, 1.807) is 0 Å². The van der Waals surface area contributed by atoms with E-state index in [9.17, 15) is 0 Å². The highest BCUT2D eigenvalue weighted by molar-refractivity contribution is 6.31. The van der Waals surface area contributed by atoms with Crippen molar-refractivity contribution in [2.75, 3.05) is 32.4 Å². The highest BCUT2D eigenvalue weighted by Crippen LogP contribution is 2.24. The molecule has 4 heteroatoms. The topological polar surface area (TPSA) is 32.5 Å². The standard InChI is InChI=1S/C14H22ClN3/c1-3-11-9-18(8-7-17(11)2)10-12-13(15)5-4-6-14(12)16/h4-6,11H,3,7-10,16H2,1-2H3. The normalized spacial score (nSPS) is 22.3. The van der Waals surface area contributed by atoms with Crippen molar-refractivity contribution in [3.63, 3.8) is 0 Å². The molecule has 3 nitrogen and oxygen atoms in total. The largest absolute Gasteiger partial charge is 0.398 e. The number of nitrogens with two attached hydrogens (primary N) is 1. The van der Waals surface area contributed by atoms with Gasteiger partial charge in [-0.3, -0.25) is 4.90 Å². The molecule has 1 aliphatic heterocycles. The fourth-order valence-corrected chi connectivity index (χ4v) is 2.80. The van der Waals surface area contributed by atoms with Gasteiger partial charge in [-0.15, -0.1) is 0 Å². The Labute approximate surface area is 115 Å². The first-order valence-electron chi connectivity index (χ1n) is 6.57. The maximum absolute atomic E-state index is 6.23. The van der Waals surface area contributed by atoms with Gasteiger partial charge in [-0.1, -0.05) is 24.6 Å². The van der Waals surface area contributed by atoms with Crippen LogP contribution in [0.25, 0.3) is 0 Å². The molecule has 0 radical (unpaired) electrons. The summed E-state index contributed by atoms with van der Waals surface area (Å²) in [4.78, 5) is 4.89. The molecule has 0 aliphatic carbocycles. The molecule has 0 aromatic heterocycles. The monoisotopic (exact) mass is 267 g/mol. The first-order chi connectivity index (χ1) is 8.61. The molecule has 18 heavy (non-hydrogen) atoms. The van der Waals surface area contributed by atoms with E-state index in [1.807, 2.05) is 18.2 Å². The number of piperazine rings is 1. The van der Waals surface area contributed by atoms with E-state index >= 15 is 0 Å². The number of hydrogen-bond donors (Lipinski definition) is 1. The summed E-state index contributed by atoms with van der Waals surface area (Å²) < 4.78 is 0. The van der Waals surface area contributed by atoms with Crippen LogP contribution in [-0.4, -0.2) is 42.5 Å². The summed E-state index contributed by atoms with van der Waals surface area (Å²) in [6.07, 6.45) is 1.19. The fourth-order valence-electron chi connectivity index (χ4n) is 2.56. The number of likely N-dealkylation sites (N-methyl/N-ethyl adjacent to an activating group) is 1. The van der Waals surface area contributed by atoms with Crippen molar-refractivity contribution >= 4 is 17.3 Å². The number of hydrogen-bond acceptors (Lipinski definition) is 3. The van der Waals surface area contributed by atoms with Crippen LogP contribution in [0.1, 0.15) is 18.9 Å². The van der Waals surface area contributed by atoms with Crippen LogP contribution in [0.5, 0.6) is 0 Å². The van der Waals surface area contributed by atoms with Gasteiger partial charge in [0.1, 0.15) is 0 Å². The summed E-state index contributed by atoms with van der Waals surface area (Å²) >= 11 is 6.23. The molecule has 1 fully saturated rings. The molecule has 0 saturated carbocycles. The molecule has 1 heterocycles. The summed E-state index contributed by atoms with van der Waals surface area (Å²) in [5, 5.41) is 0.780. The van der Waals surface area contributed by atoms with Crippen LogP contribution < -0.4 is 5.73 Å². The zero-order valence-corrected chi connectivity index (χ0v) is 12.0. The van der Waals surface area contributed by atoms with Gasteiger partial charge in [0.2, 0.25) is 0 Å². The van der Waals surface area contributed by atoms with Crippen LogP contribution in [0.3, 0.4) is 0 Å². The van der Waals surface area contributed by atoms with Crippen molar-refractivity contribution in [1.29, 1.82) is 0 Å². The van der Waals surface area contributed by atoms with Crippen molar-refractivity contribution in [2.24, 2.45) is 0 Å². The molecule has 1 aliphatic rings. The molecule has 0 amide bonds. The highest BCUT2D eigenvalue weighted by Gasteiger charge is 2.23. The van der Waals surface area contributed by atoms with E-state index in [1.165, 1.54) is 6.42 Å². The van der Waals surface area contributed by atoms with Crippen LogP contribution >= 0.6 is 11.6 Å². The fraction of sp³-hybridized carbons (Fsp3) is 0.571. The minimum atomic E-state index is 0.641. The summed E-state index contributed by atoms with van der Waals surface area (Å²) in [5.41, 5.74) is 7.88. The van der Waals surface area contributed by atoms with E-state index < -0.39 is 0 Å². The first-order valence-corrected chi connectivity index (χ1v) is 6.95. The van der Waals surface area contributed by atoms with Crippen molar-refractivity contribution in [2.45, 2.75) is 25.9 Å². The molecule has 1 aromatic carbocycles. The lowest BCUT2D eigenvalue weighted by molar-refractivity contribution is 0.0885. The molecule has 0 spiro atoms. The number of halogens is 1. The SMILES string of the molecule is CCC1CN(Cc2c(N)cccc2Cl)CCN1C. The molecule has 1 atom stereocenters. The quantitative estimate of drug-likeness (QED) is 0.854. The molecule has 2 rings (SSSR count). The van der Waals surface area contributed by atoms with Crippen LogP contribution in [-0.2, 0) is 6.54 Å². The molecule has 100 valence electrons. The van der Waals surface area contributed by atoms with Crippen molar-refractivity contribution in [3.05, 3.63) is 28.8 Å². The second-order valence-electron chi connectivity index (χ2n) is 5.09. The summed E-state index contributed by atoms with van der Waals surface area (Å²) in [7, 11) is 2.20. The van der Waals surface area contributed by atoms with Crippen molar-refractivity contribution in [3.8, 4) is 0 Å². The Bertz CT molecular complexity index is 388. The maximum Gasteiger partial charge on any atom is 0.0471 e. The van der Waals surface area contributed by atoms with Gasteiger partial charge in [0.15, 0.2) is 0 Å². The Morgan fingerprint density at radius 3 is 2.83 bits per heavy atom. The van der Waals surface area contributed by atoms with Crippen molar-refractivity contribution < 1.29 is 0 Å². The van der Waals surface area contributed by atoms with Crippen LogP contribution in [0.2, 0.25) is 5.02 Å². The average molecular weight is 268 g/mol. The van der Waals surface area contributed by atoms with Gasteiger partial charge in [0, 0.05) is 48.5 Å². The Kier molecular flexibility index (Phi) is 4.49. The van der Waals surface area contributed by atoms with Crippen LogP contribution in [0.15, 0.2) is 18.2 Å². The predicted molar refractivity (Wildman–Crippen MR) is 77.9 cm³/mol. The number of nitrogen functional groups attached to an aromatic ring is 1. The Morgan fingerprint density at radius 2 is 2.17 bits per heavy atom. The smallest absolute Gasteiger partial charge is 0.0471 e. The Morgan fingerprint density at radius 1 is 1.39 bits per heavy atom. The van der Waals surface area contributed by atoms with E-state index in [-0.39, 0.29) is 0 Å². The Hall–Kier alpha value is -0.770. The van der Waals surface area contributed by atoms with Gasteiger partial charge in [-0.25, -0.2) is 0 Å². The minimum absolute atomic E-state index is 0.641. The lowest BCUT2D eigenvalue weighted by Gasteiger charge is -2.39. The molecule has 1 saturated heterocycles. The zero-order valence-electron chi connectivity index (χ0n) is 11.2. The Balaban J connectivity index is 2.06. The number of rotatable bonds is 3. The van der Waals surface area contributed by atoms with E-state index in [4.69, 9.17) is 17.3 Å². The van der Waals surface area contributed by atoms with Gasteiger partial charge >= 0.3 is 0 Å². The third-order valence-electron chi connectivity index (χ3n) is 3.87. The molecule has 0 bridgehead atoms. The second-order valence-corrected chi connectivity index (χ2v) is 5.49. The van der Waals surface area contributed by atoms with Crippen LogP contribution in [0, 0.1) is 0 Å². The number of anilines is 1. The number of nitrogens with zero attached hydrogens (tertiary/aromatic N) is 2. The molecular weight excluding hydrogens is 246 g/mol. The minimum Gasteiger partial charge on any atom is -0.398 e. The lowest BCUT2D eigenvalue weighted by atomic mass is 10.1. The van der Waals surface area contributed by atoms with E-state index in [2.05, 4.69) is 23.8 Å². The molecule has 2 N–H and O–H groups in total. The lowest BCUT2D eigenvalue weighted by Crippen LogP contribution is -2.50. The summed E-state index contributed by atoms with van der Waals surface area (Å²) in [5.74, 6) is 0. The second kappa shape index (κ2) is 5.91. The van der Waals surface area contributed by atoms with Crippen molar-refractivity contribution in [1.82, 2.24) is 9.80 Å². The third kappa shape index (κ3) is 2.97. The van der Waals surface area contributed by atoms with Crippen LogP contribution in [0.4, 0.5) is 5.69 Å². The average Bonchev–Trinajstić information content (AvgIpc) is 2.36. The van der Waals surface area contributed by atoms with Gasteiger partial charge in [0.25, 0.3) is 0 Å². The zero-order chi connectivity index (χ0) is 13.1. The third-order valence-corrected chi connectivity index (χ3v) is 4.22. The molecular formula is C14H22ClN3. The van der Waals surface area contributed by atoms with Gasteiger partial charge in [0.05, 0.1) is 0 Å². The highest BCUT2D eigenvalue weighted by atomic mass is 35.5. The number of benzene rings is 1. The summed E-state index contributed by atoms with van der Waals surface area (Å²) in [6, 6.07) is 6.39. The molecule has 1 aromatic rings. The van der Waals surface area contributed by atoms with E-state index in [0.717, 1.165) is 42.5 Å². The van der Waals surface area contributed by atoms with Gasteiger partial charge in [-0.05, 0) is 25.6 Å². The first kappa shape index (κ1) is 13.7.